The molecule has 174 valence electrons. The average Bonchev–Trinajstić information content (AvgIpc) is 3.27. The lowest BCUT2D eigenvalue weighted by Crippen LogP contribution is -2.15. The molecule has 1 N–H and O–H groups in total. The van der Waals surface area contributed by atoms with Gasteiger partial charge in [0.1, 0.15) is 5.82 Å². The van der Waals surface area contributed by atoms with E-state index in [1.807, 2.05) is 62.4 Å². The van der Waals surface area contributed by atoms with Gasteiger partial charge in [0.15, 0.2) is 10.9 Å². The van der Waals surface area contributed by atoms with Crippen molar-refractivity contribution in [3.05, 3.63) is 101 Å². The maximum Gasteiger partial charge on any atom is 0.278 e. The smallest absolute Gasteiger partial charge is 0.278 e. The molecule has 0 atom stereocenters. The van der Waals surface area contributed by atoms with Crippen LogP contribution in [0.15, 0.2) is 78.0 Å². The van der Waals surface area contributed by atoms with Crippen molar-refractivity contribution in [2.75, 3.05) is 5.32 Å². The van der Waals surface area contributed by atoms with Gasteiger partial charge in [-0.2, -0.15) is 0 Å². The molecule has 9 heteroatoms. The number of carbonyl (C=O) groups excluding carboxylic acids is 1. The first kappa shape index (κ1) is 22.7. The molecule has 0 aliphatic rings. The number of halogens is 1. The van der Waals surface area contributed by atoms with Gasteiger partial charge in [-0.05, 0) is 55.6 Å². The highest BCUT2D eigenvalue weighted by atomic mass is 32.2. The Morgan fingerprint density at radius 3 is 2.46 bits per heavy atom. The molecule has 35 heavy (non-hydrogen) atoms. The molecule has 7 nitrogen and oxygen atoms in total. The molecule has 0 aliphatic heterocycles. The summed E-state index contributed by atoms with van der Waals surface area (Å²) in [5.41, 5.74) is 3.74. The van der Waals surface area contributed by atoms with E-state index < -0.39 is 0 Å². The number of thioether (sulfide) groups is 1. The summed E-state index contributed by atoms with van der Waals surface area (Å²) < 4.78 is 15.1. The van der Waals surface area contributed by atoms with Crippen molar-refractivity contribution in [2.45, 2.75) is 24.8 Å². The highest BCUT2D eigenvalue weighted by Crippen LogP contribution is 2.26. The molecule has 1 amide bonds. The van der Waals surface area contributed by atoms with Crippen LogP contribution in [0.25, 0.3) is 16.5 Å². The molecule has 0 saturated carbocycles. The summed E-state index contributed by atoms with van der Waals surface area (Å²) >= 11 is 1.38. The molecule has 2 heterocycles. The first-order chi connectivity index (χ1) is 17.0. The summed E-state index contributed by atoms with van der Waals surface area (Å²) in [7, 11) is 0. The number of benzene rings is 3. The monoisotopic (exact) mass is 484 g/mol. The third kappa shape index (κ3) is 4.90. The maximum atomic E-state index is 13.5. The fourth-order valence-corrected chi connectivity index (χ4v) is 4.75. The van der Waals surface area contributed by atoms with Crippen molar-refractivity contribution in [3.8, 4) is 5.69 Å². The molecule has 0 aliphatic carbocycles. The van der Waals surface area contributed by atoms with Gasteiger partial charge in [-0.25, -0.2) is 19.0 Å². The zero-order valence-corrected chi connectivity index (χ0v) is 19.9. The predicted octanol–water partition coefficient (Wildman–Crippen LogP) is 5.51. The molecule has 0 spiro atoms. The molecule has 0 saturated heterocycles. The first-order valence-corrected chi connectivity index (χ1v) is 11.9. The summed E-state index contributed by atoms with van der Waals surface area (Å²) in [4.78, 5) is 22.3. The van der Waals surface area contributed by atoms with Gasteiger partial charge in [-0.3, -0.25) is 4.79 Å². The number of aromatic nitrogens is 5. The topological polar surface area (TPSA) is 85.6 Å². The molecular formula is C26H21FN6OS. The lowest BCUT2D eigenvalue weighted by atomic mass is 10.1. The second-order valence-electron chi connectivity index (χ2n) is 7.98. The van der Waals surface area contributed by atoms with Crippen LogP contribution in [0.1, 0.15) is 27.6 Å². The van der Waals surface area contributed by atoms with Gasteiger partial charge in [0, 0.05) is 28.2 Å². The number of anilines is 1. The van der Waals surface area contributed by atoms with Gasteiger partial charge in [-0.15, -0.1) is 5.10 Å². The molecule has 0 fully saturated rings. The van der Waals surface area contributed by atoms with Crippen LogP contribution in [0, 0.1) is 19.7 Å². The number of nitrogens with one attached hydrogen (secondary N) is 1. The normalized spacial score (nSPS) is 11.1. The molecule has 0 bridgehead atoms. The Kier molecular flexibility index (Phi) is 6.24. The van der Waals surface area contributed by atoms with Crippen molar-refractivity contribution in [2.24, 2.45) is 0 Å². The van der Waals surface area contributed by atoms with Crippen molar-refractivity contribution in [3.63, 3.8) is 0 Å². The fourth-order valence-electron chi connectivity index (χ4n) is 3.80. The highest BCUT2D eigenvalue weighted by Gasteiger charge is 2.22. The zero-order chi connectivity index (χ0) is 24.4. The lowest BCUT2D eigenvalue weighted by molar-refractivity contribution is 0.102. The summed E-state index contributed by atoms with van der Waals surface area (Å²) in [5.74, 6) is -0.403. The average molecular weight is 485 g/mol. The molecule has 2 aromatic heterocycles. The molecule has 0 radical (unpaired) electrons. The standard InChI is InChI=1S/C26H21FN6OS/c1-16-14-17(2)29-26(28-16)35-15-23-24(31-32-33(23)20-12-10-19(27)11-13-20)25(34)30-22-9-5-7-18-6-3-4-8-21(18)22/h3-14H,15H2,1-2H3,(H,30,34). The van der Waals surface area contributed by atoms with E-state index >= 15 is 0 Å². The second kappa shape index (κ2) is 9.63. The highest BCUT2D eigenvalue weighted by molar-refractivity contribution is 7.98. The quantitative estimate of drug-likeness (QED) is 0.253. The number of amides is 1. The lowest BCUT2D eigenvalue weighted by Gasteiger charge is -2.10. The number of hydrogen-bond acceptors (Lipinski definition) is 6. The summed E-state index contributed by atoms with van der Waals surface area (Å²) in [5, 5.41) is 13.9. The van der Waals surface area contributed by atoms with E-state index in [9.17, 15) is 9.18 Å². The minimum atomic E-state index is -0.383. The number of aryl methyl sites for hydroxylation is 2. The van der Waals surface area contributed by atoms with Gasteiger partial charge in [-0.1, -0.05) is 53.4 Å². The fraction of sp³-hybridized carbons (Fsp3) is 0.115. The Bertz CT molecular complexity index is 1510. The Hall–Kier alpha value is -4.11. The number of hydrogen-bond donors (Lipinski definition) is 1. The van der Waals surface area contributed by atoms with Crippen LogP contribution in [0.2, 0.25) is 0 Å². The van der Waals surface area contributed by atoms with Crippen LogP contribution in [0.4, 0.5) is 10.1 Å². The number of nitrogens with zero attached hydrogens (tertiary/aromatic N) is 5. The van der Waals surface area contributed by atoms with E-state index in [0.717, 1.165) is 22.2 Å². The van der Waals surface area contributed by atoms with E-state index in [-0.39, 0.29) is 17.4 Å². The summed E-state index contributed by atoms with van der Waals surface area (Å²) in [6.45, 7) is 3.82. The predicted molar refractivity (Wildman–Crippen MR) is 134 cm³/mol. The van der Waals surface area contributed by atoms with E-state index in [1.165, 1.54) is 23.9 Å². The van der Waals surface area contributed by atoms with Crippen LogP contribution < -0.4 is 5.32 Å². The second-order valence-corrected chi connectivity index (χ2v) is 8.92. The SMILES string of the molecule is Cc1cc(C)nc(SCc2c(C(=O)Nc3cccc4ccccc34)nnn2-c2ccc(F)cc2)n1. The number of carbonyl (C=O) groups is 1. The Labute approximate surface area is 205 Å². The first-order valence-electron chi connectivity index (χ1n) is 10.9. The van der Waals surface area contributed by atoms with Crippen LogP contribution in [0.5, 0.6) is 0 Å². The van der Waals surface area contributed by atoms with Gasteiger partial charge in [0.2, 0.25) is 0 Å². The van der Waals surface area contributed by atoms with Crippen LogP contribution in [-0.4, -0.2) is 30.9 Å². The minimum Gasteiger partial charge on any atom is -0.320 e. The van der Waals surface area contributed by atoms with Gasteiger partial charge in [0.25, 0.3) is 5.91 Å². The maximum absolute atomic E-state index is 13.5. The number of rotatable bonds is 6. The Morgan fingerprint density at radius 2 is 1.69 bits per heavy atom. The number of fused-ring (bicyclic) bond motifs is 1. The van der Waals surface area contributed by atoms with Crippen LogP contribution in [-0.2, 0) is 5.75 Å². The Balaban J connectivity index is 1.50. The van der Waals surface area contributed by atoms with E-state index in [2.05, 4.69) is 25.6 Å². The van der Waals surface area contributed by atoms with Gasteiger partial charge >= 0.3 is 0 Å². The van der Waals surface area contributed by atoms with E-state index in [0.29, 0.717) is 28.0 Å². The molecule has 5 aromatic rings. The molecule has 3 aromatic carbocycles. The van der Waals surface area contributed by atoms with Crippen molar-refractivity contribution < 1.29 is 9.18 Å². The van der Waals surface area contributed by atoms with Crippen molar-refractivity contribution in [1.29, 1.82) is 0 Å². The zero-order valence-electron chi connectivity index (χ0n) is 19.1. The third-order valence-corrected chi connectivity index (χ3v) is 6.25. The summed E-state index contributed by atoms with van der Waals surface area (Å²) in [6, 6.07) is 21.3. The van der Waals surface area contributed by atoms with Gasteiger partial charge in [0.05, 0.1) is 11.4 Å². The largest absolute Gasteiger partial charge is 0.320 e. The van der Waals surface area contributed by atoms with Crippen molar-refractivity contribution >= 4 is 34.1 Å². The van der Waals surface area contributed by atoms with Gasteiger partial charge < -0.3 is 5.32 Å². The molecular weight excluding hydrogens is 463 g/mol. The van der Waals surface area contributed by atoms with Crippen LogP contribution in [0.3, 0.4) is 0 Å². The van der Waals surface area contributed by atoms with E-state index in [4.69, 9.17) is 0 Å². The molecule has 0 unspecified atom stereocenters. The summed E-state index contributed by atoms with van der Waals surface area (Å²) in [6.07, 6.45) is 0. The van der Waals surface area contributed by atoms with Crippen molar-refractivity contribution in [1.82, 2.24) is 25.0 Å². The third-order valence-electron chi connectivity index (χ3n) is 5.39. The van der Waals surface area contributed by atoms with Crippen LogP contribution >= 0.6 is 11.8 Å². The van der Waals surface area contributed by atoms with E-state index in [1.54, 1.807) is 16.8 Å². The minimum absolute atomic E-state index is 0.180. The molecule has 5 rings (SSSR count). The Morgan fingerprint density at radius 1 is 0.971 bits per heavy atom.